The molecule has 0 fully saturated rings. The summed E-state index contributed by atoms with van der Waals surface area (Å²) in [4.78, 5) is 4.04. The second-order valence-electron chi connectivity index (χ2n) is 3.24. The first-order valence-electron chi connectivity index (χ1n) is 4.62. The molecular formula is C11H10N2O2S. The predicted molar refractivity (Wildman–Crippen MR) is 60.5 cm³/mol. The number of aromatic nitrogens is 1. The van der Waals surface area contributed by atoms with Gasteiger partial charge in [-0.15, -0.1) is 0 Å². The van der Waals surface area contributed by atoms with E-state index in [0.717, 1.165) is 0 Å². The number of hydrogen-bond acceptors (Lipinski definition) is 4. The topological polar surface area (TPSA) is 73.0 Å². The molecule has 1 heterocycles. The summed E-state index contributed by atoms with van der Waals surface area (Å²) in [6.07, 6.45) is 1.38. The molecule has 0 saturated carbocycles. The van der Waals surface area contributed by atoms with Gasteiger partial charge in [0, 0.05) is 11.9 Å². The van der Waals surface area contributed by atoms with Gasteiger partial charge in [-0.2, -0.15) is 0 Å². The van der Waals surface area contributed by atoms with Crippen molar-refractivity contribution in [3.8, 4) is 0 Å². The van der Waals surface area contributed by atoms with Crippen LogP contribution in [0.3, 0.4) is 0 Å². The van der Waals surface area contributed by atoms with E-state index in [1.807, 2.05) is 0 Å². The summed E-state index contributed by atoms with van der Waals surface area (Å²) in [5.74, 6) is 0. The van der Waals surface area contributed by atoms with E-state index in [2.05, 4.69) is 4.98 Å². The van der Waals surface area contributed by atoms with Crippen molar-refractivity contribution < 1.29 is 8.42 Å². The Balaban J connectivity index is 2.56. The van der Waals surface area contributed by atoms with Crippen molar-refractivity contribution in [2.75, 3.05) is 5.73 Å². The van der Waals surface area contributed by atoms with E-state index < -0.39 is 9.84 Å². The summed E-state index contributed by atoms with van der Waals surface area (Å²) in [7, 11) is -3.55. The Morgan fingerprint density at radius 3 is 2.38 bits per heavy atom. The molecule has 0 aliphatic heterocycles. The van der Waals surface area contributed by atoms with Crippen LogP contribution in [-0.2, 0) is 9.84 Å². The largest absolute Gasteiger partial charge is 0.399 e. The van der Waals surface area contributed by atoms with Crippen molar-refractivity contribution in [1.82, 2.24) is 4.98 Å². The standard InChI is InChI=1S/C11H10N2O2S/c12-9-6-7-13-11(8-9)16(14,15)10-4-2-1-3-5-10/h1-8H,(H2,12,13). The van der Waals surface area contributed by atoms with Gasteiger partial charge < -0.3 is 5.73 Å². The second-order valence-corrected chi connectivity index (χ2v) is 5.14. The number of anilines is 1. The van der Waals surface area contributed by atoms with E-state index in [4.69, 9.17) is 5.73 Å². The Kier molecular flexibility index (Phi) is 2.62. The van der Waals surface area contributed by atoms with Crippen LogP contribution in [0.1, 0.15) is 0 Å². The maximum atomic E-state index is 12.1. The van der Waals surface area contributed by atoms with Crippen LogP contribution in [0, 0.1) is 0 Å². The van der Waals surface area contributed by atoms with Gasteiger partial charge in [0.05, 0.1) is 4.90 Å². The zero-order valence-electron chi connectivity index (χ0n) is 8.37. The van der Waals surface area contributed by atoms with E-state index in [9.17, 15) is 8.42 Å². The highest BCUT2D eigenvalue weighted by Crippen LogP contribution is 2.19. The summed E-state index contributed by atoms with van der Waals surface area (Å²) >= 11 is 0. The minimum Gasteiger partial charge on any atom is -0.399 e. The van der Waals surface area contributed by atoms with Gasteiger partial charge in [0.25, 0.3) is 0 Å². The molecule has 82 valence electrons. The van der Waals surface area contributed by atoms with Crippen molar-refractivity contribution in [3.63, 3.8) is 0 Å². The first-order valence-corrected chi connectivity index (χ1v) is 6.11. The lowest BCUT2D eigenvalue weighted by atomic mass is 10.4. The van der Waals surface area contributed by atoms with Gasteiger partial charge >= 0.3 is 0 Å². The molecule has 0 spiro atoms. The van der Waals surface area contributed by atoms with Crippen LogP contribution < -0.4 is 5.73 Å². The molecule has 4 nitrogen and oxygen atoms in total. The van der Waals surface area contributed by atoms with E-state index in [0.29, 0.717) is 5.69 Å². The van der Waals surface area contributed by atoms with E-state index in [1.54, 1.807) is 24.3 Å². The molecular weight excluding hydrogens is 224 g/mol. The van der Waals surface area contributed by atoms with Crippen LogP contribution in [-0.4, -0.2) is 13.4 Å². The summed E-state index contributed by atoms with van der Waals surface area (Å²) in [6.45, 7) is 0. The number of benzene rings is 1. The van der Waals surface area contributed by atoms with Crippen molar-refractivity contribution in [2.24, 2.45) is 0 Å². The van der Waals surface area contributed by atoms with E-state index in [1.165, 1.54) is 24.4 Å². The lowest BCUT2D eigenvalue weighted by molar-refractivity contribution is 0.592. The molecule has 1 aromatic carbocycles. The maximum Gasteiger partial charge on any atom is 0.223 e. The smallest absolute Gasteiger partial charge is 0.223 e. The highest BCUT2D eigenvalue weighted by Gasteiger charge is 2.18. The monoisotopic (exact) mass is 234 g/mol. The molecule has 0 aliphatic rings. The molecule has 0 saturated heterocycles. The molecule has 16 heavy (non-hydrogen) atoms. The van der Waals surface area contributed by atoms with Crippen LogP contribution in [0.5, 0.6) is 0 Å². The molecule has 2 N–H and O–H groups in total. The van der Waals surface area contributed by atoms with Gasteiger partial charge in [-0.1, -0.05) is 18.2 Å². The minimum absolute atomic E-state index is 0.0290. The summed E-state index contributed by atoms with van der Waals surface area (Å²) in [6, 6.07) is 11.0. The molecule has 0 bridgehead atoms. The second kappa shape index (κ2) is 3.94. The molecule has 2 rings (SSSR count). The fourth-order valence-electron chi connectivity index (χ4n) is 1.29. The maximum absolute atomic E-state index is 12.1. The molecule has 5 heteroatoms. The number of nitrogens with zero attached hydrogens (tertiary/aromatic N) is 1. The zero-order valence-corrected chi connectivity index (χ0v) is 9.18. The molecule has 1 aromatic heterocycles. The predicted octanol–water partition coefficient (Wildman–Crippen LogP) is 1.50. The van der Waals surface area contributed by atoms with Gasteiger partial charge in [0.1, 0.15) is 0 Å². The van der Waals surface area contributed by atoms with E-state index in [-0.39, 0.29) is 9.92 Å². The Bertz CT molecular complexity index is 594. The van der Waals surface area contributed by atoms with Gasteiger partial charge in [0.15, 0.2) is 5.03 Å². The van der Waals surface area contributed by atoms with Crippen molar-refractivity contribution >= 4 is 15.5 Å². The molecule has 2 aromatic rings. The number of hydrogen-bond donors (Lipinski definition) is 1. The fraction of sp³-hybridized carbons (Fsp3) is 0. The number of sulfone groups is 1. The fourth-order valence-corrected chi connectivity index (χ4v) is 2.54. The van der Waals surface area contributed by atoms with Crippen LogP contribution in [0.15, 0.2) is 58.6 Å². The number of pyridine rings is 1. The van der Waals surface area contributed by atoms with E-state index >= 15 is 0 Å². The van der Waals surface area contributed by atoms with Gasteiger partial charge in [-0.3, -0.25) is 0 Å². The van der Waals surface area contributed by atoms with Gasteiger partial charge in [-0.25, -0.2) is 13.4 Å². The molecule has 0 atom stereocenters. The summed E-state index contributed by atoms with van der Waals surface area (Å²) in [5, 5.41) is -0.0290. The van der Waals surface area contributed by atoms with Crippen LogP contribution >= 0.6 is 0 Å². The number of rotatable bonds is 2. The first-order chi connectivity index (χ1) is 7.60. The van der Waals surface area contributed by atoms with Gasteiger partial charge in [0.2, 0.25) is 9.84 Å². The third-order valence-corrected chi connectivity index (χ3v) is 3.75. The van der Waals surface area contributed by atoms with Crippen molar-refractivity contribution in [1.29, 1.82) is 0 Å². The average Bonchev–Trinajstić information content (AvgIpc) is 2.30. The highest BCUT2D eigenvalue weighted by molar-refractivity contribution is 7.91. The molecule has 0 radical (unpaired) electrons. The van der Waals surface area contributed by atoms with Crippen LogP contribution in [0.2, 0.25) is 0 Å². The molecule has 0 aliphatic carbocycles. The third-order valence-electron chi connectivity index (χ3n) is 2.09. The zero-order chi connectivity index (χ0) is 11.6. The molecule has 0 amide bonds. The van der Waals surface area contributed by atoms with Crippen molar-refractivity contribution in [2.45, 2.75) is 9.92 Å². The SMILES string of the molecule is Nc1ccnc(S(=O)(=O)c2ccccc2)c1. The first kappa shape index (κ1) is 10.6. The van der Waals surface area contributed by atoms with Gasteiger partial charge in [-0.05, 0) is 24.3 Å². The lowest BCUT2D eigenvalue weighted by Crippen LogP contribution is -2.04. The average molecular weight is 234 g/mol. The van der Waals surface area contributed by atoms with Crippen LogP contribution in [0.4, 0.5) is 5.69 Å². The Morgan fingerprint density at radius 1 is 1.06 bits per heavy atom. The van der Waals surface area contributed by atoms with Crippen molar-refractivity contribution in [3.05, 3.63) is 48.7 Å². The highest BCUT2D eigenvalue weighted by atomic mass is 32.2. The minimum atomic E-state index is -3.55. The normalized spacial score (nSPS) is 11.2. The lowest BCUT2D eigenvalue weighted by Gasteiger charge is -2.03. The number of nitrogen functional groups attached to an aromatic ring is 1. The summed E-state index contributed by atoms with van der Waals surface area (Å²) in [5.41, 5.74) is 5.91. The summed E-state index contributed by atoms with van der Waals surface area (Å²) < 4.78 is 24.1. The quantitative estimate of drug-likeness (QED) is 0.854. The number of nitrogens with two attached hydrogens (primary N) is 1. The third kappa shape index (κ3) is 1.90. The Hall–Kier alpha value is -1.88. The Labute approximate surface area is 93.7 Å². The Morgan fingerprint density at radius 2 is 1.75 bits per heavy atom. The molecule has 0 unspecified atom stereocenters. The van der Waals surface area contributed by atoms with Crippen LogP contribution in [0.25, 0.3) is 0 Å².